The first-order valence-electron chi connectivity index (χ1n) is 15.0. The summed E-state index contributed by atoms with van der Waals surface area (Å²) in [4.78, 5) is 31.1. The van der Waals surface area contributed by atoms with Gasteiger partial charge in [-0.3, -0.25) is 19.6 Å². The second kappa shape index (κ2) is 24.8. The number of carbonyl (C=O) groups excluding carboxylic acids is 2. The molecule has 6 aromatic rings. The number of nitrogens with one attached hydrogen (secondary N) is 2. The first kappa shape index (κ1) is 43.9. The molecular formula is C38H30Cl4CoN6O4. The second-order valence-corrected chi connectivity index (χ2v) is 11.5. The minimum Gasteiger partial charge on any atom is -0.507 e. The average molecular weight is 835 g/mol. The first-order valence-corrected chi connectivity index (χ1v) is 16.5. The molecular weight excluding hydrogens is 805 g/mol. The van der Waals surface area contributed by atoms with Crippen LogP contribution in [0.5, 0.6) is 11.5 Å². The molecule has 0 saturated carbocycles. The summed E-state index contributed by atoms with van der Waals surface area (Å²) in [7, 11) is 0. The number of pyridine rings is 2. The molecule has 15 heteroatoms. The molecule has 0 spiro atoms. The van der Waals surface area contributed by atoms with Gasteiger partial charge in [0.1, 0.15) is 11.5 Å². The van der Waals surface area contributed by atoms with E-state index in [2.05, 4.69) is 31.0 Å². The largest absolute Gasteiger partial charge is 0.507 e. The summed E-state index contributed by atoms with van der Waals surface area (Å²) in [6.07, 6.45) is 9.80. The van der Waals surface area contributed by atoms with E-state index in [1.165, 1.54) is 36.7 Å². The molecule has 0 aliphatic carbocycles. The maximum Gasteiger partial charge on any atom is 0.275 e. The van der Waals surface area contributed by atoms with Crippen molar-refractivity contribution in [2.24, 2.45) is 10.2 Å². The van der Waals surface area contributed by atoms with Crippen molar-refractivity contribution in [3.8, 4) is 11.5 Å². The monoisotopic (exact) mass is 833 g/mol. The molecule has 4 N–H and O–H groups in total. The number of halogens is 4. The number of aromatic hydroxyl groups is 2. The van der Waals surface area contributed by atoms with Gasteiger partial charge in [0.15, 0.2) is 0 Å². The van der Waals surface area contributed by atoms with Gasteiger partial charge in [-0.25, -0.2) is 10.9 Å². The number of phenols is 2. The quantitative estimate of drug-likeness (QED) is 0.0972. The Labute approximate surface area is 336 Å². The summed E-state index contributed by atoms with van der Waals surface area (Å²) in [6.45, 7) is 0. The second-order valence-electron chi connectivity index (χ2n) is 9.81. The van der Waals surface area contributed by atoms with Crippen molar-refractivity contribution in [3.05, 3.63) is 188 Å². The van der Waals surface area contributed by atoms with Crippen molar-refractivity contribution in [3.63, 3.8) is 0 Å². The third-order valence-electron chi connectivity index (χ3n) is 6.09. The van der Waals surface area contributed by atoms with E-state index in [-0.39, 0.29) is 39.4 Å². The van der Waals surface area contributed by atoms with Gasteiger partial charge >= 0.3 is 0 Å². The molecule has 1 radical (unpaired) electrons. The summed E-state index contributed by atoms with van der Waals surface area (Å²) in [5, 5.41) is 28.5. The number of hydrogen-bond donors (Lipinski definition) is 4. The van der Waals surface area contributed by atoms with Crippen LogP contribution in [0.1, 0.15) is 31.8 Å². The maximum atomic E-state index is 11.8. The SMILES string of the molecule is O=C(N/N=C/c1ccc(Cl)cc1Cl)c1ccccc1O.O=C(N/N=C/c1ccc(Cl)cc1Cl)c1ccccc1O.[Co].c1ccncc1.c1ccncc1. The molecule has 2 amide bonds. The van der Waals surface area contributed by atoms with E-state index in [1.807, 2.05) is 36.4 Å². The van der Waals surface area contributed by atoms with Gasteiger partial charge in [0, 0.05) is 62.7 Å². The first-order chi connectivity index (χ1) is 25.2. The Bertz CT molecular complexity index is 1880. The number of aromatic nitrogens is 2. The van der Waals surface area contributed by atoms with E-state index >= 15 is 0 Å². The standard InChI is InChI=1S/2C14H10Cl2N2O2.2C5H5N.Co/c2*15-10-6-5-9(12(16)7-10)8-17-18-14(20)11-3-1-2-4-13(11)19;2*1-2-4-6-5-3-1;/h2*1-8,19H,(H,18,20);2*1-5H;/b2*17-8+;;;. The van der Waals surface area contributed by atoms with Crippen LogP contribution < -0.4 is 10.9 Å². The van der Waals surface area contributed by atoms with Gasteiger partial charge in [0.2, 0.25) is 0 Å². The van der Waals surface area contributed by atoms with Crippen molar-refractivity contribution in [1.82, 2.24) is 20.8 Å². The molecule has 4 aromatic carbocycles. The zero-order chi connectivity index (χ0) is 37.6. The number of phenolic OH excluding ortho intramolecular Hbond substituents is 2. The van der Waals surface area contributed by atoms with Crippen molar-refractivity contribution >= 4 is 70.6 Å². The zero-order valence-electron chi connectivity index (χ0n) is 27.4. The van der Waals surface area contributed by atoms with Gasteiger partial charge in [0.05, 0.1) is 33.6 Å². The van der Waals surface area contributed by atoms with Gasteiger partial charge in [-0.1, -0.05) is 94.9 Å². The predicted molar refractivity (Wildman–Crippen MR) is 208 cm³/mol. The molecule has 0 unspecified atom stereocenters. The number of rotatable bonds is 6. The van der Waals surface area contributed by atoms with Crippen LogP contribution >= 0.6 is 46.4 Å². The zero-order valence-corrected chi connectivity index (χ0v) is 31.4. The Balaban J connectivity index is 0.000000275. The van der Waals surface area contributed by atoms with Gasteiger partial charge in [0.25, 0.3) is 11.8 Å². The Morgan fingerprint density at radius 3 is 1.17 bits per heavy atom. The fraction of sp³-hybridized carbons (Fsp3) is 0. The van der Waals surface area contributed by atoms with E-state index in [0.717, 1.165) is 0 Å². The number of hydrazone groups is 2. The molecule has 53 heavy (non-hydrogen) atoms. The molecule has 0 fully saturated rings. The van der Waals surface area contributed by atoms with Crippen molar-refractivity contribution < 1.29 is 36.6 Å². The van der Waals surface area contributed by atoms with E-state index in [1.54, 1.807) is 85.5 Å². The smallest absolute Gasteiger partial charge is 0.275 e. The molecule has 273 valence electrons. The summed E-state index contributed by atoms with van der Waals surface area (Å²) >= 11 is 23.5. The maximum absolute atomic E-state index is 11.8. The predicted octanol–water partition coefficient (Wildman–Crippen LogP) is 9.09. The Morgan fingerprint density at radius 1 is 0.528 bits per heavy atom. The van der Waals surface area contributed by atoms with Crippen molar-refractivity contribution in [1.29, 1.82) is 0 Å². The third-order valence-corrected chi connectivity index (χ3v) is 7.22. The Morgan fingerprint density at radius 2 is 0.887 bits per heavy atom. The summed E-state index contributed by atoms with van der Waals surface area (Å²) in [6, 6.07) is 33.7. The van der Waals surface area contributed by atoms with Crippen LogP contribution in [-0.4, -0.2) is 44.4 Å². The molecule has 0 bridgehead atoms. The van der Waals surface area contributed by atoms with Crippen LogP contribution in [-0.2, 0) is 16.8 Å². The van der Waals surface area contributed by atoms with Crippen molar-refractivity contribution in [2.45, 2.75) is 0 Å². The Kier molecular flexibility index (Phi) is 20.6. The molecule has 0 aliphatic rings. The minimum atomic E-state index is -0.510. The summed E-state index contributed by atoms with van der Waals surface area (Å²) in [5.41, 5.74) is 6.15. The van der Waals surface area contributed by atoms with Gasteiger partial charge in [-0.2, -0.15) is 10.2 Å². The number of carbonyl (C=O) groups is 2. The van der Waals surface area contributed by atoms with Crippen LogP contribution in [0, 0.1) is 0 Å². The third kappa shape index (κ3) is 16.7. The van der Waals surface area contributed by atoms with Crippen LogP contribution in [0.2, 0.25) is 20.1 Å². The molecule has 2 heterocycles. The molecule has 0 saturated heterocycles. The van der Waals surface area contributed by atoms with E-state index in [4.69, 9.17) is 46.4 Å². The normalized spacial score (nSPS) is 9.89. The fourth-order valence-corrected chi connectivity index (χ4v) is 4.52. The van der Waals surface area contributed by atoms with Crippen LogP contribution in [0.25, 0.3) is 0 Å². The number of para-hydroxylation sites is 2. The van der Waals surface area contributed by atoms with Crippen LogP contribution in [0.15, 0.2) is 156 Å². The van der Waals surface area contributed by atoms with Crippen LogP contribution in [0.4, 0.5) is 0 Å². The number of benzene rings is 4. The molecule has 6 rings (SSSR count). The van der Waals surface area contributed by atoms with Crippen LogP contribution in [0.3, 0.4) is 0 Å². The van der Waals surface area contributed by atoms with Gasteiger partial charge in [-0.15, -0.1) is 0 Å². The molecule has 0 atom stereocenters. The summed E-state index contributed by atoms with van der Waals surface area (Å²) in [5.74, 6) is -1.23. The van der Waals surface area contributed by atoms with E-state index < -0.39 is 11.8 Å². The molecule has 2 aromatic heterocycles. The molecule has 0 aliphatic heterocycles. The summed E-state index contributed by atoms with van der Waals surface area (Å²) < 4.78 is 0. The van der Waals surface area contributed by atoms with Gasteiger partial charge < -0.3 is 10.2 Å². The topological polar surface area (TPSA) is 149 Å². The number of hydrogen-bond acceptors (Lipinski definition) is 8. The van der Waals surface area contributed by atoms with Crippen molar-refractivity contribution in [2.75, 3.05) is 0 Å². The molecule has 10 nitrogen and oxygen atoms in total. The van der Waals surface area contributed by atoms with E-state index in [0.29, 0.717) is 31.2 Å². The fourth-order valence-electron chi connectivity index (χ4n) is 3.61. The Hall–Kier alpha value is -5.27. The van der Waals surface area contributed by atoms with E-state index in [9.17, 15) is 19.8 Å². The van der Waals surface area contributed by atoms with Gasteiger partial charge in [-0.05, 0) is 72.8 Å². The average Bonchev–Trinajstić information content (AvgIpc) is 3.16. The number of amides is 2. The number of nitrogens with zero attached hydrogens (tertiary/aromatic N) is 4. The minimum absolute atomic E-state index is 0.